The van der Waals surface area contributed by atoms with Crippen LogP contribution >= 0.6 is 0 Å². The number of sulfonamides is 1. The zero-order valence-corrected chi connectivity index (χ0v) is 19.7. The summed E-state index contributed by atoms with van der Waals surface area (Å²) in [6.07, 6.45) is 4.54. The minimum absolute atomic E-state index is 0.185. The number of aryl methyl sites for hydroxylation is 2. The lowest BCUT2D eigenvalue weighted by molar-refractivity contribution is 0.102. The lowest BCUT2D eigenvalue weighted by atomic mass is 10.1. The molecule has 2 aliphatic heterocycles. The molecule has 0 aliphatic carbocycles. The molecule has 1 amide bonds. The second-order valence-electron chi connectivity index (χ2n) is 8.76. The van der Waals surface area contributed by atoms with E-state index in [-0.39, 0.29) is 16.6 Å². The van der Waals surface area contributed by atoms with Crippen LogP contribution in [0.25, 0.3) is 11.0 Å². The van der Waals surface area contributed by atoms with Crippen LogP contribution in [-0.2, 0) is 23.0 Å². The molecule has 8 nitrogen and oxygen atoms in total. The van der Waals surface area contributed by atoms with Crippen LogP contribution in [-0.4, -0.2) is 29.7 Å². The predicted molar refractivity (Wildman–Crippen MR) is 135 cm³/mol. The van der Waals surface area contributed by atoms with E-state index < -0.39 is 10.0 Å². The summed E-state index contributed by atoms with van der Waals surface area (Å²) in [5, 5.41) is 5.99. The number of hydrogen-bond donors (Lipinski definition) is 2. The van der Waals surface area contributed by atoms with Crippen LogP contribution < -0.4 is 10.6 Å². The van der Waals surface area contributed by atoms with Gasteiger partial charge in [-0.05, 0) is 67.4 Å². The number of fused-ring (bicyclic) bond motifs is 4. The normalized spacial score (nSPS) is 16.2. The third kappa shape index (κ3) is 3.97. The van der Waals surface area contributed by atoms with Gasteiger partial charge in [0, 0.05) is 35.5 Å². The van der Waals surface area contributed by atoms with E-state index in [2.05, 4.69) is 19.6 Å². The summed E-state index contributed by atoms with van der Waals surface area (Å²) in [5.41, 5.74) is 4.34. The van der Waals surface area contributed by atoms with Crippen molar-refractivity contribution >= 4 is 44.2 Å². The highest BCUT2D eigenvalue weighted by Crippen LogP contribution is 2.27. The molecule has 176 valence electrons. The first-order chi connectivity index (χ1) is 17.0. The number of hydrogen-bond acceptors (Lipinski definition) is 5. The third-order valence-corrected chi connectivity index (χ3v) is 7.74. The number of imidazole rings is 1. The predicted octanol–water partition coefficient (Wildman–Crippen LogP) is 4.58. The Kier molecular flexibility index (Phi) is 5.14. The topological polar surface area (TPSA) is 105 Å². The fraction of sp³-hybridized carbons (Fsp3) is 0.192. The number of rotatable bonds is 3. The first-order valence-electron chi connectivity index (χ1n) is 11.6. The van der Waals surface area contributed by atoms with Crippen molar-refractivity contribution in [2.75, 3.05) is 10.6 Å². The van der Waals surface area contributed by atoms with Crippen molar-refractivity contribution in [2.24, 2.45) is 4.40 Å². The number of carbonyl (C=O) groups is 1. The molecule has 0 atom stereocenters. The van der Waals surface area contributed by atoms with Crippen molar-refractivity contribution in [1.29, 1.82) is 0 Å². The van der Waals surface area contributed by atoms with Gasteiger partial charge in [-0.2, -0.15) is 8.42 Å². The molecular formula is C26H23N5O3S. The quantitative estimate of drug-likeness (QED) is 0.442. The molecule has 3 aromatic carbocycles. The van der Waals surface area contributed by atoms with Gasteiger partial charge in [0.05, 0.1) is 11.0 Å². The Balaban J connectivity index is 1.18. The molecule has 0 saturated heterocycles. The van der Waals surface area contributed by atoms with Gasteiger partial charge in [0.25, 0.3) is 15.9 Å². The van der Waals surface area contributed by atoms with Crippen molar-refractivity contribution in [3.8, 4) is 0 Å². The van der Waals surface area contributed by atoms with E-state index in [4.69, 9.17) is 4.98 Å². The summed E-state index contributed by atoms with van der Waals surface area (Å²) in [6.45, 7) is 0.988. The number of anilines is 2. The SMILES string of the molecule is O=C(Nc1ccc2c(c1)nc1n2CCCCC1)c1ccc(NC2=NS(=O)(=O)c3ccccc32)cc1. The zero-order chi connectivity index (χ0) is 24.0. The number of amidine groups is 1. The lowest BCUT2D eigenvalue weighted by Crippen LogP contribution is -2.13. The standard InChI is InChI=1S/C26H23N5O3S/c32-26(28-19-13-14-22-21(16-19)29-24-8-2-1-5-15-31(22)24)17-9-11-18(12-10-17)27-25-20-6-3-4-7-23(20)35(33,34)30-25/h3-4,6-7,9-14,16H,1-2,5,8,15H2,(H,27,30)(H,28,32). The van der Waals surface area contributed by atoms with Crippen molar-refractivity contribution in [1.82, 2.24) is 9.55 Å². The van der Waals surface area contributed by atoms with Gasteiger partial charge in [-0.3, -0.25) is 4.79 Å². The van der Waals surface area contributed by atoms with Gasteiger partial charge in [0.15, 0.2) is 5.84 Å². The van der Waals surface area contributed by atoms with Crippen LogP contribution in [0.3, 0.4) is 0 Å². The van der Waals surface area contributed by atoms with Gasteiger partial charge < -0.3 is 15.2 Å². The summed E-state index contributed by atoms with van der Waals surface area (Å²) in [5.74, 6) is 1.15. The molecule has 35 heavy (non-hydrogen) atoms. The lowest BCUT2D eigenvalue weighted by Gasteiger charge is -2.09. The molecule has 0 fully saturated rings. The van der Waals surface area contributed by atoms with Crippen molar-refractivity contribution < 1.29 is 13.2 Å². The van der Waals surface area contributed by atoms with E-state index in [1.54, 1.807) is 42.5 Å². The van der Waals surface area contributed by atoms with Gasteiger partial charge in [0.1, 0.15) is 10.7 Å². The minimum Gasteiger partial charge on any atom is -0.339 e. The van der Waals surface area contributed by atoms with Gasteiger partial charge >= 0.3 is 0 Å². The fourth-order valence-electron chi connectivity index (χ4n) is 4.67. The van der Waals surface area contributed by atoms with Crippen LogP contribution in [0.2, 0.25) is 0 Å². The molecule has 2 aliphatic rings. The maximum absolute atomic E-state index is 12.8. The molecule has 4 aromatic rings. The molecular weight excluding hydrogens is 462 g/mol. The smallest absolute Gasteiger partial charge is 0.285 e. The summed E-state index contributed by atoms with van der Waals surface area (Å²) >= 11 is 0. The number of nitrogens with zero attached hydrogens (tertiary/aromatic N) is 3. The second kappa shape index (κ2) is 8.35. The summed E-state index contributed by atoms with van der Waals surface area (Å²) in [6, 6.07) is 19.3. The Morgan fingerprint density at radius 2 is 1.71 bits per heavy atom. The Hall–Kier alpha value is -3.98. The highest BCUT2D eigenvalue weighted by atomic mass is 32.2. The molecule has 6 rings (SSSR count). The summed E-state index contributed by atoms with van der Waals surface area (Å²) in [7, 11) is -3.70. The molecule has 0 unspecified atom stereocenters. The minimum atomic E-state index is -3.70. The Labute approximate surface area is 202 Å². The Morgan fingerprint density at radius 3 is 2.57 bits per heavy atom. The number of amides is 1. The van der Waals surface area contributed by atoms with E-state index in [1.165, 1.54) is 12.5 Å². The van der Waals surface area contributed by atoms with Gasteiger partial charge in [-0.1, -0.05) is 18.6 Å². The van der Waals surface area contributed by atoms with Gasteiger partial charge in [0.2, 0.25) is 0 Å². The van der Waals surface area contributed by atoms with E-state index in [1.807, 2.05) is 18.2 Å². The van der Waals surface area contributed by atoms with Crippen LogP contribution in [0.15, 0.2) is 76.0 Å². The maximum Gasteiger partial charge on any atom is 0.285 e. The number of benzene rings is 3. The number of carbonyl (C=O) groups excluding carboxylic acids is 1. The molecule has 0 bridgehead atoms. The molecule has 2 N–H and O–H groups in total. The number of nitrogens with one attached hydrogen (secondary N) is 2. The zero-order valence-electron chi connectivity index (χ0n) is 18.9. The molecule has 0 spiro atoms. The second-order valence-corrected chi connectivity index (χ2v) is 10.3. The van der Waals surface area contributed by atoms with E-state index >= 15 is 0 Å². The van der Waals surface area contributed by atoms with E-state index in [9.17, 15) is 13.2 Å². The monoisotopic (exact) mass is 485 g/mol. The third-order valence-electron chi connectivity index (χ3n) is 6.41. The molecule has 3 heterocycles. The van der Waals surface area contributed by atoms with Crippen molar-refractivity contribution in [3.63, 3.8) is 0 Å². The van der Waals surface area contributed by atoms with E-state index in [0.29, 0.717) is 22.5 Å². The Morgan fingerprint density at radius 1 is 0.914 bits per heavy atom. The Bertz CT molecular complexity index is 1600. The average Bonchev–Trinajstić information content (AvgIpc) is 3.20. The van der Waals surface area contributed by atoms with Gasteiger partial charge in [-0.15, -0.1) is 4.40 Å². The summed E-state index contributed by atoms with van der Waals surface area (Å²) in [4.78, 5) is 17.8. The van der Waals surface area contributed by atoms with Crippen LogP contribution in [0, 0.1) is 0 Å². The van der Waals surface area contributed by atoms with Crippen molar-refractivity contribution in [3.05, 3.63) is 83.7 Å². The van der Waals surface area contributed by atoms with Crippen LogP contribution in [0.4, 0.5) is 11.4 Å². The van der Waals surface area contributed by atoms with E-state index in [0.717, 1.165) is 42.7 Å². The van der Waals surface area contributed by atoms with Crippen molar-refractivity contribution in [2.45, 2.75) is 37.1 Å². The van der Waals surface area contributed by atoms with Gasteiger partial charge in [-0.25, -0.2) is 4.98 Å². The molecule has 1 aromatic heterocycles. The molecule has 0 saturated carbocycles. The largest absolute Gasteiger partial charge is 0.339 e. The molecule has 9 heteroatoms. The summed E-state index contributed by atoms with van der Waals surface area (Å²) < 4.78 is 30.6. The number of aromatic nitrogens is 2. The van der Waals surface area contributed by atoms with Crippen LogP contribution in [0.5, 0.6) is 0 Å². The highest BCUT2D eigenvalue weighted by Gasteiger charge is 2.28. The fourth-order valence-corrected chi connectivity index (χ4v) is 5.84. The average molecular weight is 486 g/mol. The first kappa shape index (κ1) is 21.5. The van der Waals surface area contributed by atoms with Crippen LogP contribution in [0.1, 0.15) is 41.0 Å². The first-order valence-corrected chi connectivity index (χ1v) is 13.0. The molecule has 0 radical (unpaired) electrons. The maximum atomic E-state index is 12.8. The highest BCUT2D eigenvalue weighted by molar-refractivity contribution is 7.90.